The maximum atomic E-state index is 6.06. The van der Waals surface area contributed by atoms with Crippen LogP contribution in [0.2, 0.25) is 0 Å². The molecular weight excluding hydrogens is 284 g/mol. The second-order valence-corrected chi connectivity index (χ2v) is 6.20. The molecule has 3 heteroatoms. The Hall–Kier alpha value is -2.29. The lowest BCUT2D eigenvalue weighted by atomic mass is 10.1. The molecule has 0 saturated carbocycles. The average molecular weight is 308 g/mol. The maximum absolute atomic E-state index is 6.06. The summed E-state index contributed by atoms with van der Waals surface area (Å²) in [6, 6.07) is 15.0. The van der Waals surface area contributed by atoms with E-state index in [0.717, 1.165) is 29.1 Å². The van der Waals surface area contributed by atoms with Crippen molar-refractivity contribution in [3.05, 3.63) is 59.4 Å². The second-order valence-electron chi connectivity index (χ2n) is 6.20. The number of imidazole rings is 1. The van der Waals surface area contributed by atoms with Gasteiger partial charge in [0.05, 0.1) is 11.0 Å². The van der Waals surface area contributed by atoms with Crippen molar-refractivity contribution in [2.75, 3.05) is 0 Å². The van der Waals surface area contributed by atoms with E-state index < -0.39 is 0 Å². The van der Waals surface area contributed by atoms with Gasteiger partial charge < -0.3 is 9.30 Å². The molecule has 1 aromatic heterocycles. The van der Waals surface area contributed by atoms with Crippen LogP contribution in [0, 0.1) is 13.8 Å². The van der Waals surface area contributed by atoms with Crippen molar-refractivity contribution >= 4 is 11.0 Å². The number of fused-ring (bicyclic) bond motifs is 1. The van der Waals surface area contributed by atoms with E-state index in [2.05, 4.69) is 62.6 Å². The summed E-state index contributed by atoms with van der Waals surface area (Å²) in [4.78, 5) is 4.78. The maximum Gasteiger partial charge on any atom is 0.148 e. The first-order valence-corrected chi connectivity index (χ1v) is 8.26. The van der Waals surface area contributed by atoms with Crippen LogP contribution in [0.15, 0.2) is 42.5 Å². The Balaban J connectivity index is 1.93. The highest BCUT2D eigenvalue weighted by Crippen LogP contribution is 2.25. The zero-order valence-electron chi connectivity index (χ0n) is 14.3. The minimum Gasteiger partial charge on any atom is -0.485 e. The molecule has 0 aliphatic carbocycles. The molecule has 3 nitrogen and oxygen atoms in total. The molecule has 3 aromatic rings. The normalized spacial score (nSPS) is 12.5. The number of rotatable bonds is 5. The molecular formula is C20H24N2O. The Kier molecular flexibility index (Phi) is 4.37. The van der Waals surface area contributed by atoms with Crippen molar-refractivity contribution in [3.8, 4) is 5.75 Å². The van der Waals surface area contributed by atoms with Crippen molar-refractivity contribution in [2.24, 2.45) is 0 Å². The first kappa shape index (κ1) is 15.6. The average Bonchev–Trinajstić information content (AvgIpc) is 2.91. The van der Waals surface area contributed by atoms with Crippen molar-refractivity contribution in [3.63, 3.8) is 0 Å². The Bertz CT molecular complexity index is 820. The molecule has 0 spiro atoms. The lowest BCUT2D eigenvalue weighted by Gasteiger charge is -2.16. The fraction of sp³-hybridized carbons (Fsp3) is 0.350. The highest BCUT2D eigenvalue weighted by atomic mass is 16.5. The zero-order valence-corrected chi connectivity index (χ0v) is 14.3. The summed E-state index contributed by atoms with van der Waals surface area (Å²) in [6.45, 7) is 9.10. The van der Waals surface area contributed by atoms with E-state index >= 15 is 0 Å². The summed E-state index contributed by atoms with van der Waals surface area (Å²) in [5, 5.41) is 0. The summed E-state index contributed by atoms with van der Waals surface area (Å²) in [5.74, 6) is 1.92. The zero-order chi connectivity index (χ0) is 16.4. The number of hydrogen-bond acceptors (Lipinski definition) is 2. The van der Waals surface area contributed by atoms with Crippen molar-refractivity contribution in [1.29, 1.82) is 0 Å². The Morgan fingerprint density at radius 1 is 1.13 bits per heavy atom. The molecule has 0 aliphatic rings. The third-order valence-corrected chi connectivity index (χ3v) is 4.39. The molecule has 0 amide bonds. The van der Waals surface area contributed by atoms with Gasteiger partial charge in [0, 0.05) is 6.04 Å². The van der Waals surface area contributed by atoms with Crippen molar-refractivity contribution in [1.82, 2.24) is 9.55 Å². The summed E-state index contributed by atoms with van der Waals surface area (Å²) < 4.78 is 8.36. The number of nitrogens with zero attached hydrogens (tertiary/aromatic N) is 2. The monoisotopic (exact) mass is 308 g/mol. The van der Waals surface area contributed by atoms with Crippen LogP contribution in [-0.4, -0.2) is 9.55 Å². The van der Waals surface area contributed by atoms with Gasteiger partial charge in [-0.2, -0.15) is 0 Å². The van der Waals surface area contributed by atoms with E-state index in [1.807, 2.05) is 12.1 Å². The van der Waals surface area contributed by atoms with Gasteiger partial charge in [0.15, 0.2) is 0 Å². The number of aromatic nitrogens is 2. The van der Waals surface area contributed by atoms with Crippen LogP contribution in [0.25, 0.3) is 11.0 Å². The molecule has 0 N–H and O–H groups in total. The van der Waals surface area contributed by atoms with Gasteiger partial charge in [-0.15, -0.1) is 0 Å². The van der Waals surface area contributed by atoms with E-state index in [0.29, 0.717) is 12.6 Å². The minimum atomic E-state index is 0.403. The van der Waals surface area contributed by atoms with Crippen LogP contribution in [0.3, 0.4) is 0 Å². The molecule has 1 heterocycles. The molecule has 0 radical (unpaired) electrons. The quantitative estimate of drug-likeness (QED) is 0.647. The Morgan fingerprint density at radius 3 is 2.65 bits per heavy atom. The Morgan fingerprint density at radius 2 is 1.91 bits per heavy atom. The predicted octanol–water partition coefficient (Wildman–Crippen LogP) is 5.20. The van der Waals surface area contributed by atoms with E-state index in [1.54, 1.807) is 0 Å². The first-order valence-electron chi connectivity index (χ1n) is 8.26. The first-order chi connectivity index (χ1) is 11.1. The van der Waals surface area contributed by atoms with Crippen LogP contribution in [0.1, 0.15) is 43.3 Å². The highest BCUT2D eigenvalue weighted by molar-refractivity contribution is 5.76. The third kappa shape index (κ3) is 3.09. The fourth-order valence-electron chi connectivity index (χ4n) is 2.97. The Labute approximate surface area is 137 Å². The van der Waals surface area contributed by atoms with Crippen LogP contribution in [-0.2, 0) is 6.61 Å². The van der Waals surface area contributed by atoms with Gasteiger partial charge in [-0.05, 0) is 51.0 Å². The summed E-state index contributed by atoms with van der Waals surface area (Å²) in [6.07, 6.45) is 1.07. The molecule has 3 rings (SSSR count). The molecule has 23 heavy (non-hydrogen) atoms. The molecule has 0 saturated heterocycles. The number of para-hydroxylation sites is 2. The van der Waals surface area contributed by atoms with E-state index in [-0.39, 0.29) is 0 Å². The van der Waals surface area contributed by atoms with Gasteiger partial charge in [-0.3, -0.25) is 0 Å². The summed E-state index contributed by atoms with van der Waals surface area (Å²) in [5.41, 5.74) is 4.63. The van der Waals surface area contributed by atoms with Gasteiger partial charge >= 0.3 is 0 Å². The van der Waals surface area contributed by atoms with Crippen LogP contribution in [0.4, 0.5) is 0 Å². The molecule has 0 fully saturated rings. The van der Waals surface area contributed by atoms with Crippen LogP contribution >= 0.6 is 0 Å². The predicted molar refractivity (Wildman–Crippen MR) is 95.0 cm³/mol. The molecule has 1 atom stereocenters. The number of aryl methyl sites for hydroxylation is 2. The third-order valence-electron chi connectivity index (χ3n) is 4.39. The lowest BCUT2D eigenvalue weighted by molar-refractivity contribution is 0.284. The highest BCUT2D eigenvalue weighted by Gasteiger charge is 2.15. The minimum absolute atomic E-state index is 0.403. The van der Waals surface area contributed by atoms with Gasteiger partial charge in [0.25, 0.3) is 0 Å². The largest absolute Gasteiger partial charge is 0.485 e. The van der Waals surface area contributed by atoms with Gasteiger partial charge in [0.2, 0.25) is 0 Å². The SMILES string of the molecule is CCC(C)n1c(COc2ccc(C)cc2C)nc2ccccc21. The molecule has 0 aliphatic heterocycles. The van der Waals surface area contributed by atoms with E-state index in [1.165, 1.54) is 11.1 Å². The van der Waals surface area contributed by atoms with Gasteiger partial charge in [-0.1, -0.05) is 36.8 Å². The standard InChI is InChI=1S/C20H24N2O/c1-5-16(4)22-18-9-7-6-8-17(18)21-20(22)13-23-19-11-10-14(2)12-15(19)3/h6-12,16H,5,13H2,1-4H3. The van der Waals surface area contributed by atoms with Crippen LogP contribution < -0.4 is 4.74 Å². The van der Waals surface area contributed by atoms with E-state index in [4.69, 9.17) is 9.72 Å². The van der Waals surface area contributed by atoms with Crippen LogP contribution in [0.5, 0.6) is 5.75 Å². The van der Waals surface area contributed by atoms with Crippen molar-refractivity contribution in [2.45, 2.75) is 46.8 Å². The van der Waals surface area contributed by atoms with Crippen molar-refractivity contribution < 1.29 is 4.74 Å². The summed E-state index contributed by atoms with van der Waals surface area (Å²) in [7, 11) is 0. The molecule has 2 aromatic carbocycles. The number of ether oxygens (including phenoxy) is 1. The smallest absolute Gasteiger partial charge is 0.148 e. The number of hydrogen-bond donors (Lipinski definition) is 0. The van der Waals surface area contributed by atoms with Gasteiger partial charge in [0.1, 0.15) is 18.2 Å². The number of benzene rings is 2. The second kappa shape index (κ2) is 6.45. The summed E-state index contributed by atoms with van der Waals surface area (Å²) >= 11 is 0. The molecule has 120 valence electrons. The fourth-order valence-corrected chi connectivity index (χ4v) is 2.97. The molecule has 0 bridgehead atoms. The van der Waals surface area contributed by atoms with Gasteiger partial charge in [-0.25, -0.2) is 4.98 Å². The van der Waals surface area contributed by atoms with E-state index in [9.17, 15) is 0 Å². The lowest BCUT2D eigenvalue weighted by Crippen LogP contribution is -2.11. The molecule has 1 unspecified atom stereocenters. The topological polar surface area (TPSA) is 27.1 Å².